The van der Waals surface area contributed by atoms with Crippen LogP contribution in [0.15, 0.2) is 12.3 Å². The molecular weight excluding hydrogens is 164 g/mol. The first kappa shape index (κ1) is 9.77. The molecule has 0 aliphatic rings. The second-order valence-corrected chi connectivity index (χ2v) is 3.48. The van der Waals surface area contributed by atoms with Crippen LogP contribution in [0.2, 0.25) is 0 Å². The van der Waals surface area contributed by atoms with Gasteiger partial charge in [0.1, 0.15) is 5.82 Å². The summed E-state index contributed by atoms with van der Waals surface area (Å²) in [6, 6.07) is 2.02. The Morgan fingerprint density at radius 2 is 2.08 bits per heavy atom. The maximum atomic E-state index is 5.52. The fraction of sp³-hybridized carbons (Fsp3) is 0.556. The molecule has 0 aliphatic heterocycles. The Morgan fingerprint density at radius 3 is 2.62 bits per heavy atom. The molecule has 13 heavy (non-hydrogen) atoms. The number of nitrogen functional groups attached to an aromatic ring is 1. The lowest BCUT2D eigenvalue weighted by atomic mass is 10.1. The van der Waals surface area contributed by atoms with Gasteiger partial charge in [-0.1, -0.05) is 13.8 Å². The smallest absolute Gasteiger partial charge is 0.224 e. The second kappa shape index (κ2) is 4.07. The summed E-state index contributed by atoms with van der Waals surface area (Å²) in [6.07, 6.45) is 1.65. The molecule has 72 valence electrons. The minimum Gasteiger partial charge on any atom is -0.384 e. The van der Waals surface area contributed by atoms with Gasteiger partial charge in [0.05, 0.1) is 0 Å². The SMILES string of the molecule is CC(C)[C@@H](C)Nc1nccc(N)n1. The van der Waals surface area contributed by atoms with Crippen LogP contribution >= 0.6 is 0 Å². The van der Waals surface area contributed by atoms with E-state index in [-0.39, 0.29) is 0 Å². The van der Waals surface area contributed by atoms with E-state index >= 15 is 0 Å². The van der Waals surface area contributed by atoms with Crippen LogP contribution < -0.4 is 11.1 Å². The lowest BCUT2D eigenvalue weighted by Gasteiger charge is -2.16. The van der Waals surface area contributed by atoms with Gasteiger partial charge in [-0.15, -0.1) is 0 Å². The summed E-state index contributed by atoms with van der Waals surface area (Å²) >= 11 is 0. The quantitative estimate of drug-likeness (QED) is 0.740. The van der Waals surface area contributed by atoms with Gasteiger partial charge in [-0.2, -0.15) is 4.98 Å². The zero-order valence-corrected chi connectivity index (χ0v) is 8.28. The summed E-state index contributed by atoms with van der Waals surface area (Å²) in [5.74, 6) is 1.64. The third-order valence-electron chi connectivity index (χ3n) is 2.03. The Hall–Kier alpha value is -1.32. The number of hydrogen-bond acceptors (Lipinski definition) is 4. The molecule has 0 aromatic carbocycles. The van der Waals surface area contributed by atoms with Gasteiger partial charge in [0, 0.05) is 12.2 Å². The first-order chi connectivity index (χ1) is 6.09. The highest BCUT2D eigenvalue weighted by atomic mass is 15.1. The fourth-order valence-corrected chi connectivity index (χ4v) is 0.812. The van der Waals surface area contributed by atoms with Crippen molar-refractivity contribution in [3.63, 3.8) is 0 Å². The molecule has 0 amide bonds. The Balaban J connectivity index is 2.64. The highest BCUT2D eigenvalue weighted by Crippen LogP contribution is 2.08. The van der Waals surface area contributed by atoms with Crippen molar-refractivity contribution in [1.82, 2.24) is 9.97 Å². The van der Waals surface area contributed by atoms with Crippen molar-refractivity contribution in [2.75, 3.05) is 11.1 Å². The third kappa shape index (κ3) is 2.89. The number of nitrogens with two attached hydrogens (primary N) is 1. The fourth-order valence-electron chi connectivity index (χ4n) is 0.812. The Bertz CT molecular complexity index is 272. The summed E-state index contributed by atoms with van der Waals surface area (Å²) in [4.78, 5) is 8.11. The zero-order valence-electron chi connectivity index (χ0n) is 8.28. The van der Waals surface area contributed by atoms with E-state index in [9.17, 15) is 0 Å². The summed E-state index contributed by atoms with van der Waals surface area (Å²) in [6.45, 7) is 6.38. The standard InChI is InChI=1S/C9H16N4/c1-6(2)7(3)12-9-11-5-4-8(10)13-9/h4-7H,1-3H3,(H3,10,11,12,13)/t7-/m1/s1. The number of anilines is 2. The predicted octanol–water partition coefficient (Wildman–Crippen LogP) is 1.52. The lowest BCUT2D eigenvalue weighted by molar-refractivity contribution is 0.556. The molecule has 0 radical (unpaired) electrons. The molecule has 4 nitrogen and oxygen atoms in total. The highest BCUT2D eigenvalue weighted by Gasteiger charge is 2.07. The Labute approximate surface area is 78.6 Å². The van der Waals surface area contributed by atoms with E-state index in [2.05, 4.69) is 36.1 Å². The van der Waals surface area contributed by atoms with Crippen molar-refractivity contribution in [2.24, 2.45) is 5.92 Å². The molecule has 0 unspecified atom stereocenters. The maximum Gasteiger partial charge on any atom is 0.224 e. The van der Waals surface area contributed by atoms with Crippen LogP contribution in [-0.4, -0.2) is 16.0 Å². The summed E-state index contributed by atoms with van der Waals surface area (Å²) < 4.78 is 0. The van der Waals surface area contributed by atoms with Crippen LogP contribution in [0, 0.1) is 5.92 Å². The van der Waals surface area contributed by atoms with Gasteiger partial charge in [0.15, 0.2) is 0 Å². The molecule has 1 atom stereocenters. The number of hydrogen-bond donors (Lipinski definition) is 2. The van der Waals surface area contributed by atoms with Crippen molar-refractivity contribution in [1.29, 1.82) is 0 Å². The minimum atomic E-state index is 0.349. The molecule has 3 N–H and O–H groups in total. The molecule has 1 rings (SSSR count). The van der Waals surface area contributed by atoms with E-state index in [0.29, 0.717) is 23.7 Å². The average molecular weight is 180 g/mol. The van der Waals surface area contributed by atoms with E-state index in [0.717, 1.165) is 0 Å². The molecule has 0 fully saturated rings. The van der Waals surface area contributed by atoms with Crippen LogP contribution in [0.25, 0.3) is 0 Å². The second-order valence-electron chi connectivity index (χ2n) is 3.48. The maximum absolute atomic E-state index is 5.52. The number of aromatic nitrogens is 2. The van der Waals surface area contributed by atoms with E-state index in [1.54, 1.807) is 12.3 Å². The van der Waals surface area contributed by atoms with Crippen molar-refractivity contribution in [3.05, 3.63) is 12.3 Å². The zero-order chi connectivity index (χ0) is 9.84. The van der Waals surface area contributed by atoms with E-state index in [4.69, 9.17) is 5.73 Å². The average Bonchev–Trinajstić information content (AvgIpc) is 2.04. The summed E-state index contributed by atoms with van der Waals surface area (Å²) in [5.41, 5.74) is 5.52. The van der Waals surface area contributed by atoms with Gasteiger partial charge in [-0.3, -0.25) is 0 Å². The lowest BCUT2D eigenvalue weighted by Crippen LogP contribution is -2.22. The number of nitrogens with one attached hydrogen (secondary N) is 1. The largest absolute Gasteiger partial charge is 0.384 e. The van der Waals surface area contributed by atoms with Crippen molar-refractivity contribution >= 4 is 11.8 Å². The molecular formula is C9H16N4. The van der Waals surface area contributed by atoms with Gasteiger partial charge in [0.2, 0.25) is 5.95 Å². The van der Waals surface area contributed by atoms with Crippen LogP contribution in [0.5, 0.6) is 0 Å². The van der Waals surface area contributed by atoms with Crippen LogP contribution in [0.3, 0.4) is 0 Å². The topological polar surface area (TPSA) is 63.8 Å². The predicted molar refractivity (Wildman–Crippen MR) is 54.4 cm³/mol. The Morgan fingerprint density at radius 1 is 1.38 bits per heavy atom. The monoisotopic (exact) mass is 180 g/mol. The normalized spacial score (nSPS) is 12.9. The molecule has 0 spiro atoms. The van der Waals surface area contributed by atoms with Crippen LogP contribution in [0.1, 0.15) is 20.8 Å². The summed E-state index contributed by atoms with van der Waals surface area (Å²) in [5, 5.41) is 3.18. The minimum absolute atomic E-state index is 0.349. The van der Waals surface area contributed by atoms with E-state index < -0.39 is 0 Å². The molecule has 0 aliphatic carbocycles. The third-order valence-corrected chi connectivity index (χ3v) is 2.03. The van der Waals surface area contributed by atoms with Gasteiger partial charge in [-0.25, -0.2) is 4.98 Å². The first-order valence-electron chi connectivity index (χ1n) is 4.44. The van der Waals surface area contributed by atoms with Crippen molar-refractivity contribution in [2.45, 2.75) is 26.8 Å². The van der Waals surface area contributed by atoms with E-state index in [1.165, 1.54) is 0 Å². The molecule has 1 heterocycles. The van der Waals surface area contributed by atoms with Gasteiger partial charge in [-0.05, 0) is 18.9 Å². The highest BCUT2D eigenvalue weighted by molar-refractivity contribution is 5.35. The molecule has 0 saturated heterocycles. The van der Waals surface area contributed by atoms with Gasteiger partial charge < -0.3 is 11.1 Å². The Kier molecular flexibility index (Phi) is 3.06. The van der Waals surface area contributed by atoms with Crippen molar-refractivity contribution < 1.29 is 0 Å². The van der Waals surface area contributed by atoms with Gasteiger partial charge >= 0.3 is 0 Å². The van der Waals surface area contributed by atoms with Crippen LogP contribution in [0.4, 0.5) is 11.8 Å². The molecule has 0 bridgehead atoms. The molecule has 1 aromatic heterocycles. The van der Waals surface area contributed by atoms with Crippen molar-refractivity contribution in [3.8, 4) is 0 Å². The number of rotatable bonds is 3. The molecule has 4 heteroatoms. The van der Waals surface area contributed by atoms with E-state index in [1.807, 2.05) is 0 Å². The molecule has 1 aromatic rings. The number of nitrogens with zero attached hydrogens (tertiary/aromatic N) is 2. The summed E-state index contributed by atoms with van der Waals surface area (Å²) in [7, 11) is 0. The van der Waals surface area contributed by atoms with Crippen LogP contribution in [-0.2, 0) is 0 Å². The first-order valence-corrected chi connectivity index (χ1v) is 4.44. The molecule has 0 saturated carbocycles. The van der Waals surface area contributed by atoms with Gasteiger partial charge in [0.25, 0.3) is 0 Å².